The van der Waals surface area contributed by atoms with Crippen LogP contribution in [0.1, 0.15) is 23.2 Å². The molecular formula is C16H20N4O. The summed E-state index contributed by atoms with van der Waals surface area (Å²) in [5, 5.41) is 13.2. The maximum Gasteiger partial charge on any atom is 0.251 e. The number of nitrogens with zero attached hydrogens (tertiary/aromatic N) is 1. The van der Waals surface area contributed by atoms with Gasteiger partial charge in [-0.3, -0.25) is 9.89 Å². The van der Waals surface area contributed by atoms with Crippen molar-refractivity contribution in [3.63, 3.8) is 0 Å². The minimum absolute atomic E-state index is 0.00895. The van der Waals surface area contributed by atoms with Gasteiger partial charge in [0.15, 0.2) is 0 Å². The number of amides is 1. The number of hydrogen-bond acceptors (Lipinski definition) is 3. The Kier molecular flexibility index (Phi) is 4.31. The van der Waals surface area contributed by atoms with Crippen molar-refractivity contribution in [2.24, 2.45) is 5.92 Å². The van der Waals surface area contributed by atoms with Gasteiger partial charge in [-0.1, -0.05) is 18.2 Å². The van der Waals surface area contributed by atoms with E-state index in [1.807, 2.05) is 24.3 Å². The summed E-state index contributed by atoms with van der Waals surface area (Å²) in [5.74, 6) is 0.571. The summed E-state index contributed by atoms with van der Waals surface area (Å²) < 4.78 is 0. The SMILES string of the molecule is O=C(NCC1CCNCC1)c1ccccc1-c1cn[nH]c1. The van der Waals surface area contributed by atoms with E-state index in [-0.39, 0.29) is 5.91 Å². The zero-order valence-corrected chi connectivity index (χ0v) is 11.9. The molecule has 2 heterocycles. The topological polar surface area (TPSA) is 69.8 Å². The number of aromatic amines is 1. The molecule has 0 aliphatic carbocycles. The van der Waals surface area contributed by atoms with Crippen LogP contribution in [0.2, 0.25) is 0 Å². The van der Waals surface area contributed by atoms with Crippen molar-refractivity contribution < 1.29 is 4.79 Å². The van der Waals surface area contributed by atoms with Crippen LogP contribution in [0.25, 0.3) is 11.1 Å². The van der Waals surface area contributed by atoms with Crippen molar-refractivity contribution in [1.29, 1.82) is 0 Å². The molecule has 1 fully saturated rings. The molecule has 2 aromatic rings. The first-order chi connectivity index (χ1) is 10.3. The summed E-state index contributed by atoms with van der Waals surface area (Å²) in [4.78, 5) is 12.4. The van der Waals surface area contributed by atoms with E-state index in [1.54, 1.807) is 12.4 Å². The van der Waals surface area contributed by atoms with Crippen molar-refractivity contribution in [2.45, 2.75) is 12.8 Å². The first-order valence-electron chi connectivity index (χ1n) is 7.41. The molecule has 1 aliphatic rings. The number of hydrogen-bond donors (Lipinski definition) is 3. The van der Waals surface area contributed by atoms with Gasteiger partial charge in [-0.15, -0.1) is 0 Å². The molecule has 3 rings (SSSR count). The van der Waals surface area contributed by atoms with Gasteiger partial charge in [0.05, 0.1) is 6.20 Å². The summed E-state index contributed by atoms with van der Waals surface area (Å²) in [7, 11) is 0. The van der Waals surface area contributed by atoms with Crippen LogP contribution < -0.4 is 10.6 Å². The number of piperidine rings is 1. The van der Waals surface area contributed by atoms with Gasteiger partial charge < -0.3 is 10.6 Å². The number of rotatable bonds is 4. The van der Waals surface area contributed by atoms with E-state index in [0.717, 1.165) is 43.6 Å². The molecular weight excluding hydrogens is 264 g/mol. The summed E-state index contributed by atoms with van der Waals surface area (Å²) >= 11 is 0. The Labute approximate surface area is 124 Å². The number of nitrogens with one attached hydrogen (secondary N) is 3. The van der Waals surface area contributed by atoms with E-state index in [4.69, 9.17) is 0 Å². The monoisotopic (exact) mass is 284 g/mol. The van der Waals surface area contributed by atoms with Gasteiger partial charge in [0.25, 0.3) is 5.91 Å². The third-order valence-electron chi connectivity index (χ3n) is 3.99. The Morgan fingerprint density at radius 3 is 2.86 bits per heavy atom. The van der Waals surface area contributed by atoms with Crippen molar-refractivity contribution in [3.8, 4) is 11.1 Å². The smallest absolute Gasteiger partial charge is 0.251 e. The lowest BCUT2D eigenvalue weighted by Gasteiger charge is -2.22. The highest BCUT2D eigenvalue weighted by molar-refractivity contribution is 6.00. The maximum absolute atomic E-state index is 12.4. The fourth-order valence-electron chi connectivity index (χ4n) is 2.75. The molecule has 0 spiro atoms. The third-order valence-corrected chi connectivity index (χ3v) is 3.99. The fourth-order valence-corrected chi connectivity index (χ4v) is 2.75. The molecule has 1 saturated heterocycles. The van der Waals surface area contributed by atoms with Gasteiger partial charge >= 0.3 is 0 Å². The Morgan fingerprint density at radius 1 is 1.29 bits per heavy atom. The first kappa shape index (κ1) is 13.8. The average molecular weight is 284 g/mol. The summed E-state index contributed by atoms with van der Waals surface area (Å²) in [6.45, 7) is 2.85. The Hall–Kier alpha value is -2.14. The summed E-state index contributed by atoms with van der Waals surface area (Å²) in [6.07, 6.45) is 5.80. The molecule has 1 aliphatic heterocycles. The van der Waals surface area contributed by atoms with E-state index in [0.29, 0.717) is 11.5 Å². The highest BCUT2D eigenvalue weighted by Crippen LogP contribution is 2.22. The number of H-pyrrole nitrogens is 1. The van der Waals surface area contributed by atoms with E-state index in [2.05, 4.69) is 20.8 Å². The molecule has 1 aromatic carbocycles. The van der Waals surface area contributed by atoms with Crippen LogP contribution in [0.15, 0.2) is 36.7 Å². The number of aromatic nitrogens is 2. The molecule has 0 saturated carbocycles. The molecule has 21 heavy (non-hydrogen) atoms. The molecule has 110 valence electrons. The van der Waals surface area contributed by atoms with Crippen LogP contribution in [-0.4, -0.2) is 35.7 Å². The number of carbonyl (C=O) groups is 1. The highest BCUT2D eigenvalue weighted by atomic mass is 16.1. The molecule has 5 nitrogen and oxygen atoms in total. The van der Waals surface area contributed by atoms with Gasteiger partial charge in [0.2, 0.25) is 0 Å². The van der Waals surface area contributed by atoms with Crippen LogP contribution >= 0.6 is 0 Å². The molecule has 0 atom stereocenters. The van der Waals surface area contributed by atoms with Gasteiger partial charge in [0.1, 0.15) is 0 Å². The van der Waals surface area contributed by atoms with Crippen molar-refractivity contribution in [1.82, 2.24) is 20.8 Å². The van der Waals surface area contributed by atoms with Gasteiger partial charge in [-0.25, -0.2) is 0 Å². The Bertz CT molecular complexity index is 588. The van der Waals surface area contributed by atoms with Crippen molar-refractivity contribution in [2.75, 3.05) is 19.6 Å². The van der Waals surface area contributed by atoms with Crippen molar-refractivity contribution in [3.05, 3.63) is 42.2 Å². The molecule has 1 aromatic heterocycles. The van der Waals surface area contributed by atoms with Gasteiger partial charge in [-0.2, -0.15) is 5.10 Å². The molecule has 5 heteroatoms. The largest absolute Gasteiger partial charge is 0.352 e. The second kappa shape index (κ2) is 6.54. The zero-order valence-electron chi connectivity index (χ0n) is 11.9. The fraction of sp³-hybridized carbons (Fsp3) is 0.375. The number of benzene rings is 1. The van der Waals surface area contributed by atoms with E-state index < -0.39 is 0 Å². The van der Waals surface area contributed by atoms with Crippen LogP contribution in [0, 0.1) is 5.92 Å². The van der Waals surface area contributed by atoms with E-state index in [1.165, 1.54) is 0 Å². The molecule has 0 radical (unpaired) electrons. The third kappa shape index (κ3) is 3.31. The predicted molar refractivity (Wildman–Crippen MR) is 82.0 cm³/mol. The minimum Gasteiger partial charge on any atom is -0.352 e. The highest BCUT2D eigenvalue weighted by Gasteiger charge is 2.16. The molecule has 0 unspecified atom stereocenters. The second-order valence-electron chi connectivity index (χ2n) is 5.44. The molecule has 3 N–H and O–H groups in total. The lowest BCUT2D eigenvalue weighted by Crippen LogP contribution is -2.36. The van der Waals surface area contributed by atoms with Crippen LogP contribution in [0.4, 0.5) is 0 Å². The Balaban J connectivity index is 1.70. The van der Waals surface area contributed by atoms with Gasteiger partial charge in [-0.05, 0) is 43.5 Å². The second-order valence-corrected chi connectivity index (χ2v) is 5.44. The quantitative estimate of drug-likeness (QED) is 0.802. The van der Waals surface area contributed by atoms with Crippen molar-refractivity contribution >= 4 is 5.91 Å². The van der Waals surface area contributed by atoms with E-state index >= 15 is 0 Å². The van der Waals surface area contributed by atoms with E-state index in [9.17, 15) is 4.79 Å². The normalized spacial score (nSPS) is 15.8. The van der Waals surface area contributed by atoms with Crippen LogP contribution in [0.5, 0.6) is 0 Å². The lowest BCUT2D eigenvalue weighted by molar-refractivity contribution is 0.0945. The lowest BCUT2D eigenvalue weighted by atomic mass is 9.97. The maximum atomic E-state index is 12.4. The summed E-state index contributed by atoms with van der Waals surface area (Å²) in [5.41, 5.74) is 2.55. The van der Waals surface area contributed by atoms with Crippen LogP contribution in [0.3, 0.4) is 0 Å². The molecule has 1 amide bonds. The van der Waals surface area contributed by atoms with Crippen LogP contribution in [-0.2, 0) is 0 Å². The zero-order chi connectivity index (χ0) is 14.5. The predicted octanol–water partition coefficient (Wildman–Crippen LogP) is 1.81. The average Bonchev–Trinajstić information content (AvgIpc) is 3.08. The standard InChI is InChI=1S/C16H20N4O/c21-16(18-9-12-5-7-17-8-6-12)15-4-2-1-3-14(15)13-10-19-20-11-13/h1-4,10-12,17H,5-9H2,(H,18,21)(H,19,20). The number of carbonyl (C=O) groups excluding carboxylic acids is 1. The summed E-state index contributed by atoms with van der Waals surface area (Å²) in [6, 6.07) is 7.64. The Morgan fingerprint density at radius 2 is 2.10 bits per heavy atom. The first-order valence-corrected chi connectivity index (χ1v) is 7.41. The minimum atomic E-state index is -0.00895. The van der Waals surface area contributed by atoms with Gasteiger partial charge in [0, 0.05) is 23.9 Å². The molecule has 0 bridgehead atoms.